The maximum absolute atomic E-state index is 12.3. The van der Waals surface area contributed by atoms with Crippen molar-refractivity contribution in [2.24, 2.45) is 11.8 Å². The van der Waals surface area contributed by atoms with Gasteiger partial charge in [0, 0.05) is 0 Å². The zero-order chi connectivity index (χ0) is 15.5. The van der Waals surface area contributed by atoms with Crippen molar-refractivity contribution in [3.05, 3.63) is 0 Å². The molecule has 6 nitrogen and oxygen atoms in total. The minimum atomic E-state index is -1.19. The third-order valence-electron chi connectivity index (χ3n) is 4.24. The smallest absolute Gasteiger partial charge is 0.321 e. The van der Waals surface area contributed by atoms with Crippen LogP contribution in [0.3, 0.4) is 0 Å². The zero-order valence-corrected chi connectivity index (χ0v) is 12.6. The highest BCUT2D eigenvalue weighted by Gasteiger charge is 2.62. The van der Waals surface area contributed by atoms with Crippen LogP contribution in [-0.4, -0.2) is 36.7 Å². The van der Waals surface area contributed by atoms with Crippen LogP contribution < -0.4 is 0 Å². The highest BCUT2D eigenvalue weighted by Crippen LogP contribution is 2.47. The van der Waals surface area contributed by atoms with Crippen LogP contribution in [0.1, 0.15) is 46.0 Å². The summed E-state index contributed by atoms with van der Waals surface area (Å²) in [7, 11) is 0. The number of carbonyl (C=O) groups excluding carboxylic acids is 3. The molecule has 0 radical (unpaired) electrons. The standard InChI is InChI=1S/C15H22O6/c1-3-19-12(16)10-11(14(18)20-4-2)15(21-13(10)17)8-6-5-7-9-15/h10-11H,3-9H2,1-2H3/t10-,11-/m1/s1. The molecular weight excluding hydrogens is 276 g/mol. The highest BCUT2D eigenvalue weighted by atomic mass is 16.6. The number of ether oxygens (including phenoxy) is 3. The van der Waals surface area contributed by atoms with Gasteiger partial charge in [0.2, 0.25) is 0 Å². The second-order valence-electron chi connectivity index (χ2n) is 5.51. The fraction of sp³-hybridized carbons (Fsp3) is 0.800. The third kappa shape index (κ3) is 2.89. The second kappa shape index (κ2) is 6.45. The Bertz CT molecular complexity index is 424. The average molecular weight is 298 g/mol. The van der Waals surface area contributed by atoms with E-state index in [1.54, 1.807) is 13.8 Å². The largest absolute Gasteiger partial charge is 0.466 e. The summed E-state index contributed by atoms with van der Waals surface area (Å²) in [5.41, 5.74) is -0.890. The van der Waals surface area contributed by atoms with Gasteiger partial charge in [0.05, 0.1) is 13.2 Å². The molecule has 0 amide bonds. The fourth-order valence-corrected chi connectivity index (χ4v) is 3.38. The molecule has 2 fully saturated rings. The van der Waals surface area contributed by atoms with Crippen molar-refractivity contribution in [3.63, 3.8) is 0 Å². The second-order valence-corrected chi connectivity index (χ2v) is 5.51. The number of hydrogen-bond donors (Lipinski definition) is 0. The molecule has 1 saturated heterocycles. The Morgan fingerprint density at radius 2 is 1.67 bits per heavy atom. The van der Waals surface area contributed by atoms with Crippen LogP contribution in [0.2, 0.25) is 0 Å². The van der Waals surface area contributed by atoms with Crippen molar-refractivity contribution < 1.29 is 28.6 Å². The van der Waals surface area contributed by atoms with Crippen molar-refractivity contribution in [1.82, 2.24) is 0 Å². The first-order valence-electron chi connectivity index (χ1n) is 7.62. The van der Waals surface area contributed by atoms with Crippen LogP contribution in [0.15, 0.2) is 0 Å². The summed E-state index contributed by atoms with van der Waals surface area (Å²) in [5, 5.41) is 0. The summed E-state index contributed by atoms with van der Waals surface area (Å²) in [6.07, 6.45) is 3.98. The monoisotopic (exact) mass is 298 g/mol. The number of rotatable bonds is 4. The lowest BCUT2D eigenvalue weighted by Crippen LogP contribution is -2.45. The molecule has 21 heavy (non-hydrogen) atoms. The molecule has 0 unspecified atom stereocenters. The van der Waals surface area contributed by atoms with Crippen molar-refractivity contribution >= 4 is 17.9 Å². The van der Waals surface area contributed by atoms with Crippen LogP contribution in [0.4, 0.5) is 0 Å². The molecule has 2 rings (SSSR count). The Balaban J connectivity index is 2.32. The van der Waals surface area contributed by atoms with E-state index in [4.69, 9.17) is 14.2 Å². The van der Waals surface area contributed by atoms with Crippen LogP contribution >= 0.6 is 0 Å². The Morgan fingerprint density at radius 3 is 2.24 bits per heavy atom. The quantitative estimate of drug-likeness (QED) is 0.445. The average Bonchev–Trinajstić information content (AvgIpc) is 2.72. The van der Waals surface area contributed by atoms with Crippen LogP contribution in [-0.2, 0) is 28.6 Å². The molecule has 1 saturated carbocycles. The fourth-order valence-electron chi connectivity index (χ4n) is 3.38. The molecular formula is C15H22O6. The molecule has 0 aromatic rings. The molecule has 0 bridgehead atoms. The molecule has 1 aliphatic carbocycles. The van der Waals surface area contributed by atoms with E-state index < -0.39 is 35.3 Å². The Kier molecular flexibility index (Phi) is 4.85. The summed E-state index contributed by atoms with van der Waals surface area (Å²) in [5.74, 6) is -3.97. The number of hydrogen-bond acceptors (Lipinski definition) is 6. The van der Waals surface area contributed by atoms with E-state index in [0.29, 0.717) is 12.8 Å². The van der Waals surface area contributed by atoms with E-state index in [1.165, 1.54) is 0 Å². The molecule has 0 N–H and O–H groups in total. The van der Waals surface area contributed by atoms with Gasteiger partial charge in [-0.05, 0) is 39.5 Å². The molecule has 118 valence electrons. The molecule has 2 aliphatic rings. The van der Waals surface area contributed by atoms with Crippen LogP contribution in [0.5, 0.6) is 0 Å². The van der Waals surface area contributed by atoms with Gasteiger partial charge in [0.25, 0.3) is 0 Å². The normalized spacial score (nSPS) is 27.2. The Labute approximate surface area is 124 Å². The first-order valence-corrected chi connectivity index (χ1v) is 7.62. The lowest BCUT2D eigenvalue weighted by molar-refractivity contribution is -0.163. The molecule has 1 spiro atoms. The minimum absolute atomic E-state index is 0.158. The van der Waals surface area contributed by atoms with E-state index >= 15 is 0 Å². The molecule has 0 aromatic heterocycles. The van der Waals surface area contributed by atoms with Crippen molar-refractivity contribution in [3.8, 4) is 0 Å². The molecule has 6 heteroatoms. The Hall–Kier alpha value is -1.59. The minimum Gasteiger partial charge on any atom is -0.466 e. The van der Waals surface area contributed by atoms with E-state index in [1.807, 2.05) is 0 Å². The maximum atomic E-state index is 12.3. The summed E-state index contributed by atoms with van der Waals surface area (Å²) in [6, 6.07) is 0. The molecule has 1 aliphatic heterocycles. The van der Waals surface area contributed by atoms with Gasteiger partial charge in [-0.2, -0.15) is 0 Å². The highest BCUT2D eigenvalue weighted by molar-refractivity contribution is 6.02. The van der Waals surface area contributed by atoms with Gasteiger partial charge in [-0.15, -0.1) is 0 Å². The number of carbonyl (C=O) groups is 3. The summed E-state index contributed by atoms with van der Waals surface area (Å²) in [6.45, 7) is 3.72. The van der Waals surface area contributed by atoms with Crippen molar-refractivity contribution in [1.29, 1.82) is 0 Å². The first kappa shape index (κ1) is 15.8. The van der Waals surface area contributed by atoms with Crippen molar-refractivity contribution in [2.45, 2.75) is 51.6 Å². The van der Waals surface area contributed by atoms with E-state index in [-0.39, 0.29) is 13.2 Å². The molecule has 2 atom stereocenters. The van der Waals surface area contributed by atoms with E-state index in [2.05, 4.69) is 0 Å². The topological polar surface area (TPSA) is 78.9 Å². The number of esters is 3. The molecule has 0 aromatic carbocycles. The van der Waals surface area contributed by atoms with Crippen LogP contribution in [0.25, 0.3) is 0 Å². The third-order valence-corrected chi connectivity index (χ3v) is 4.24. The lowest BCUT2D eigenvalue weighted by Gasteiger charge is -2.35. The van der Waals surface area contributed by atoms with Crippen LogP contribution in [0, 0.1) is 11.8 Å². The van der Waals surface area contributed by atoms with Gasteiger partial charge < -0.3 is 14.2 Å². The van der Waals surface area contributed by atoms with Gasteiger partial charge in [0.1, 0.15) is 11.5 Å². The Morgan fingerprint density at radius 1 is 1.10 bits per heavy atom. The van der Waals surface area contributed by atoms with E-state index in [0.717, 1.165) is 19.3 Å². The zero-order valence-electron chi connectivity index (χ0n) is 12.6. The molecule has 1 heterocycles. The SMILES string of the molecule is CCOC(=O)[C@@H]1C(=O)OC2(CCCCC2)[C@H]1C(=O)OCC. The van der Waals surface area contributed by atoms with Gasteiger partial charge in [0.15, 0.2) is 5.92 Å². The van der Waals surface area contributed by atoms with Gasteiger partial charge in [-0.3, -0.25) is 14.4 Å². The summed E-state index contributed by atoms with van der Waals surface area (Å²) in [4.78, 5) is 36.5. The summed E-state index contributed by atoms with van der Waals surface area (Å²) >= 11 is 0. The van der Waals surface area contributed by atoms with Gasteiger partial charge in [-0.1, -0.05) is 6.42 Å². The maximum Gasteiger partial charge on any atom is 0.321 e. The van der Waals surface area contributed by atoms with Crippen molar-refractivity contribution in [2.75, 3.05) is 13.2 Å². The summed E-state index contributed by atoms with van der Waals surface area (Å²) < 4.78 is 15.5. The predicted octanol–water partition coefficient (Wildman–Crippen LogP) is 1.60. The first-order chi connectivity index (χ1) is 10.1. The van der Waals surface area contributed by atoms with Gasteiger partial charge >= 0.3 is 17.9 Å². The van der Waals surface area contributed by atoms with E-state index in [9.17, 15) is 14.4 Å². The lowest BCUT2D eigenvalue weighted by atomic mass is 9.72. The predicted molar refractivity (Wildman–Crippen MR) is 72.2 cm³/mol. The van der Waals surface area contributed by atoms with Gasteiger partial charge in [-0.25, -0.2) is 0 Å².